The van der Waals surface area contributed by atoms with Crippen LogP contribution < -0.4 is 0 Å². The van der Waals surface area contributed by atoms with Crippen molar-refractivity contribution in [2.24, 2.45) is 0 Å². The van der Waals surface area contributed by atoms with Crippen LogP contribution in [0.1, 0.15) is 56.2 Å². The lowest BCUT2D eigenvalue weighted by Crippen LogP contribution is -2.02. The number of benzene rings is 1. The van der Waals surface area contributed by atoms with E-state index in [0.717, 1.165) is 19.4 Å². The van der Waals surface area contributed by atoms with E-state index in [0.29, 0.717) is 0 Å². The van der Waals surface area contributed by atoms with Gasteiger partial charge in [-0.1, -0.05) is 37.3 Å². The molecule has 0 spiro atoms. The smallest absolute Gasteiger partial charge is 0.0907 e. The van der Waals surface area contributed by atoms with Crippen LogP contribution in [0.15, 0.2) is 36.6 Å². The van der Waals surface area contributed by atoms with E-state index in [4.69, 9.17) is 4.74 Å². The summed E-state index contributed by atoms with van der Waals surface area (Å²) in [5.74, 6) is 0. The summed E-state index contributed by atoms with van der Waals surface area (Å²) in [4.78, 5) is 0. The second kappa shape index (κ2) is 7.94. The zero-order valence-electron chi connectivity index (χ0n) is 12.8. The van der Waals surface area contributed by atoms with Gasteiger partial charge in [-0.25, -0.2) is 0 Å². The fourth-order valence-corrected chi connectivity index (χ4v) is 2.65. The Morgan fingerprint density at radius 2 is 1.95 bits per heavy atom. The summed E-state index contributed by atoms with van der Waals surface area (Å²) in [5, 5.41) is 0. The van der Waals surface area contributed by atoms with Gasteiger partial charge >= 0.3 is 0 Å². The highest BCUT2D eigenvalue weighted by Crippen LogP contribution is 2.25. The van der Waals surface area contributed by atoms with Gasteiger partial charge in [0, 0.05) is 0 Å². The van der Waals surface area contributed by atoms with E-state index in [9.17, 15) is 0 Å². The van der Waals surface area contributed by atoms with Gasteiger partial charge in [-0.2, -0.15) is 0 Å². The highest BCUT2D eigenvalue weighted by molar-refractivity contribution is 5.64. The molecule has 0 aromatic heterocycles. The first-order valence-corrected chi connectivity index (χ1v) is 7.87. The maximum absolute atomic E-state index is 5.63. The molecule has 20 heavy (non-hydrogen) atoms. The molecule has 0 heterocycles. The van der Waals surface area contributed by atoms with Crippen LogP contribution in [0.4, 0.5) is 0 Å². The number of aryl methyl sites for hydroxylation is 2. The number of hydrogen-bond donors (Lipinski definition) is 0. The Bertz CT molecular complexity index is 483. The topological polar surface area (TPSA) is 9.23 Å². The van der Waals surface area contributed by atoms with Crippen molar-refractivity contribution in [2.75, 3.05) is 6.61 Å². The molecule has 0 atom stereocenters. The molecule has 1 aliphatic rings. The summed E-state index contributed by atoms with van der Waals surface area (Å²) in [7, 11) is 0. The highest BCUT2D eigenvalue weighted by atomic mass is 16.5. The van der Waals surface area contributed by atoms with Crippen molar-refractivity contribution in [3.63, 3.8) is 0 Å². The summed E-state index contributed by atoms with van der Waals surface area (Å²) in [6, 6.07) is 6.88. The molecule has 108 valence electrons. The third kappa shape index (κ3) is 4.26. The zero-order chi connectivity index (χ0) is 14.2. The van der Waals surface area contributed by atoms with Crippen LogP contribution in [0.3, 0.4) is 0 Å². The fraction of sp³-hybridized carbons (Fsp3) is 0.474. The summed E-state index contributed by atoms with van der Waals surface area (Å²) >= 11 is 0. The average Bonchev–Trinajstić information content (AvgIpc) is 2.50. The average molecular weight is 270 g/mol. The molecule has 1 nitrogen and oxygen atoms in total. The Hall–Kier alpha value is -1.50. The van der Waals surface area contributed by atoms with Crippen molar-refractivity contribution in [3.8, 4) is 0 Å². The SMILES string of the molecule is CC/C=C\CCO/C=C(\C)c1ccc2c(c1)CCCC2. The summed E-state index contributed by atoms with van der Waals surface area (Å²) in [6.45, 7) is 5.04. The van der Waals surface area contributed by atoms with E-state index >= 15 is 0 Å². The Kier molecular flexibility index (Phi) is 5.91. The lowest BCUT2D eigenvalue weighted by molar-refractivity contribution is 0.257. The lowest BCUT2D eigenvalue weighted by atomic mass is 9.89. The molecule has 0 saturated carbocycles. The third-order valence-electron chi connectivity index (χ3n) is 3.87. The minimum Gasteiger partial charge on any atom is -0.501 e. The van der Waals surface area contributed by atoms with Gasteiger partial charge in [0.1, 0.15) is 0 Å². The molecule has 1 aromatic carbocycles. The van der Waals surface area contributed by atoms with Crippen LogP contribution in [0, 0.1) is 0 Å². The number of ether oxygens (including phenoxy) is 1. The first-order valence-electron chi connectivity index (χ1n) is 7.87. The van der Waals surface area contributed by atoms with Gasteiger partial charge in [0.05, 0.1) is 12.9 Å². The number of allylic oxidation sites excluding steroid dienone is 2. The van der Waals surface area contributed by atoms with Crippen molar-refractivity contribution in [1.29, 1.82) is 0 Å². The highest BCUT2D eigenvalue weighted by Gasteiger charge is 2.09. The first kappa shape index (κ1) is 14.9. The van der Waals surface area contributed by atoms with Crippen LogP contribution >= 0.6 is 0 Å². The van der Waals surface area contributed by atoms with Gasteiger partial charge in [0.2, 0.25) is 0 Å². The molecule has 0 unspecified atom stereocenters. The summed E-state index contributed by atoms with van der Waals surface area (Å²) in [5.41, 5.74) is 5.60. The molecule has 0 radical (unpaired) electrons. The predicted molar refractivity (Wildman–Crippen MR) is 86.7 cm³/mol. The Balaban J connectivity index is 1.91. The summed E-state index contributed by atoms with van der Waals surface area (Å²) < 4.78 is 5.63. The number of rotatable bonds is 6. The van der Waals surface area contributed by atoms with E-state index in [1.54, 1.807) is 5.56 Å². The van der Waals surface area contributed by atoms with Gasteiger partial charge < -0.3 is 4.74 Å². The normalized spacial score (nSPS) is 15.4. The van der Waals surface area contributed by atoms with E-state index in [1.807, 2.05) is 6.26 Å². The molecule has 2 rings (SSSR count). The minimum atomic E-state index is 0.763. The van der Waals surface area contributed by atoms with Crippen molar-refractivity contribution in [1.82, 2.24) is 0 Å². The molecule has 1 heteroatoms. The standard InChI is InChI=1S/C19H26O/c1-3-4-5-8-13-20-15-16(2)18-12-11-17-9-6-7-10-19(17)14-18/h4-5,11-12,14-15H,3,6-10,13H2,1-2H3/b5-4-,16-15+. The maximum Gasteiger partial charge on any atom is 0.0907 e. The minimum absolute atomic E-state index is 0.763. The van der Waals surface area contributed by atoms with Gasteiger partial charge in [-0.15, -0.1) is 0 Å². The molecule has 0 bridgehead atoms. The molecule has 1 aromatic rings. The lowest BCUT2D eigenvalue weighted by Gasteiger charge is -2.16. The van der Waals surface area contributed by atoms with Crippen LogP contribution in [0.2, 0.25) is 0 Å². The predicted octanol–water partition coefficient (Wildman–Crippen LogP) is 5.30. The largest absolute Gasteiger partial charge is 0.501 e. The van der Waals surface area contributed by atoms with Crippen LogP contribution in [-0.2, 0) is 17.6 Å². The van der Waals surface area contributed by atoms with Gasteiger partial charge in [0.15, 0.2) is 0 Å². The van der Waals surface area contributed by atoms with Gasteiger partial charge in [-0.3, -0.25) is 0 Å². The van der Waals surface area contributed by atoms with Gasteiger partial charge in [0.25, 0.3) is 0 Å². The molecule has 1 aliphatic carbocycles. The van der Waals surface area contributed by atoms with Crippen molar-refractivity contribution < 1.29 is 4.74 Å². The van der Waals surface area contributed by atoms with Crippen molar-refractivity contribution in [2.45, 2.75) is 52.4 Å². The molecule has 0 aliphatic heterocycles. The molecular formula is C19H26O. The van der Waals surface area contributed by atoms with Crippen LogP contribution in [-0.4, -0.2) is 6.61 Å². The first-order chi connectivity index (χ1) is 9.81. The Morgan fingerprint density at radius 3 is 2.75 bits per heavy atom. The Labute approximate surface area is 123 Å². The van der Waals surface area contributed by atoms with Gasteiger partial charge in [-0.05, 0) is 67.7 Å². The third-order valence-corrected chi connectivity index (χ3v) is 3.87. The molecule has 0 fully saturated rings. The quantitative estimate of drug-likeness (QED) is 0.387. The number of fused-ring (bicyclic) bond motifs is 1. The van der Waals surface area contributed by atoms with E-state index in [1.165, 1.54) is 42.4 Å². The molecule has 0 amide bonds. The summed E-state index contributed by atoms with van der Waals surface area (Å²) in [6.07, 6.45) is 13.5. The molecular weight excluding hydrogens is 244 g/mol. The maximum atomic E-state index is 5.63. The number of hydrogen-bond acceptors (Lipinski definition) is 1. The zero-order valence-corrected chi connectivity index (χ0v) is 12.8. The second-order valence-corrected chi connectivity index (χ2v) is 5.53. The van der Waals surface area contributed by atoms with E-state index < -0.39 is 0 Å². The van der Waals surface area contributed by atoms with Crippen LogP contribution in [0.5, 0.6) is 0 Å². The Morgan fingerprint density at radius 1 is 1.15 bits per heavy atom. The second-order valence-electron chi connectivity index (χ2n) is 5.53. The monoisotopic (exact) mass is 270 g/mol. The fourth-order valence-electron chi connectivity index (χ4n) is 2.65. The van der Waals surface area contributed by atoms with Crippen molar-refractivity contribution >= 4 is 5.57 Å². The molecule has 0 N–H and O–H groups in total. The van der Waals surface area contributed by atoms with Crippen molar-refractivity contribution in [3.05, 3.63) is 53.3 Å². The van der Waals surface area contributed by atoms with E-state index in [2.05, 4.69) is 44.2 Å². The molecule has 0 saturated heterocycles. The van der Waals surface area contributed by atoms with Crippen LogP contribution in [0.25, 0.3) is 5.57 Å². The van der Waals surface area contributed by atoms with E-state index in [-0.39, 0.29) is 0 Å².